The van der Waals surface area contributed by atoms with E-state index in [0.717, 1.165) is 44.6 Å². The molecule has 2 aliphatic rings. The van der Waals surface area contributed by atoms with Crippen molar-refractivity contribution < 1.29 is 13.2 Å². The number of likely N-dealkylation sites (tertiary alicyclic amines) is 1. The second-order valence-electron chi connectivity index (χ2n) is 6.78. The van der Waals surface area contributed by atoms with Crippen LogP contribution in [-0.4, -0.2) is 37.3 Å². The molecule has 138 valence electrons. The third-order valence-corrected chi connectivity index (χ3v) is 6.34. The number of hydrogen-bond acceptors (Lipinski definition) is 4. The lowest BCUT2D eigenvalue weighted by atomic mass is 10.1. The van der Waals surface area contributed by atoms with Gasteiger partial charge in [-0.25, -0.2) is 13.1 Å². The largest absolute Gasteiger partial charge is 0.356 e. The zero-order chi connectivity index (χ0) is 18.1. The van der Waals surface area contributed by atoms with Crippen LogP contribution in [0, 0.1) is 0 Å². The van der Waals surface area contributed by atoms with Gasteiger partial charge in [-0.2, -0.15) is 0 Å². The van der Waals surface area contributed by atoms with Crippen LogP contribution in [0.1, 0.15) is 40.0 Å². The van der Waals surface area contributed by atoms with Crippen molar-refractivity contribution in [3.05, 3.63) is 52.8 Å². The lowest BCUT2D eigenvalue weighted by Gasteiger charge is -2.13. The average molecular weight is 374 g/mol. The maximum atomic E-state index is 12.5. The second-order valence-corrected chi connectivity index (χ2v) is 8.55. The van der Waals surface area contributed by atoms with Crippen molar-refractivity contribution in [2.75, 3.05) is 13.1 Å². The maximum absolute atomic E-state index is 12.5. The molecule has 26 heavy (non-hydrogen) atoms. The topological polar surface area (TPSA) is 94.3 Å². The third kappa shape index (κ3) is 3.40. The molecule has 0 bridgehead atoms. The minimum absolute atomic E-state index is 0.0860. The Morgan fingerprint density at radius 2 is 1.88 bits per heavy atom. The summed E-state index contributed by atoms with van der Waals surface area (Å²) in [7, 11) is -3.68. The zero-order valence-corrected chi connectivity index (χ0v) is 15.2. The van der Waals surface area contributed by atoms with Crippen LogP contribution in [-0.2, 0) is 29.7 Å². The number of rotatable bonds is 5. The molecule has 3 N–H and O–H groups in total. The highest BCUT2D eigenvalue weighted by atomic mass is 32.2. The van der Waals surface area contributed by atoms with Gasteiger partial charge in [-0.15, -0.1) is 0 Å². The molecule has 3 heterocycles. The van der Waals surface area contributed by atoms with E-state index >= 15 is 0 Å². The van der Waals surface area contributed by atoms with Crippen molar-refractivity contribution in [3.8, 4) is 0 Å². The van der Waals surface area contributed by atoms with Gasteiger partial charge < -0.3 is 15.2 Å². The van der Waals surface area contributed by atoms with E-state index in [1.165, 1.54) is 23.4 Å². The van der Waals surface area contributed by atoms with Crippen LogP contribution < -0.4 is 10.0 Å². The number of nitrogens with zero attached hydrogens (tertiary/aromatic N) is 1. The Morgan fingerprint density at radius 3 is 2.69 bits per heavy atom. The third-order valence-electron chi connectivity index (χ3n) is 4.96. The minimum Gasteiger partial charge on any atom is -0.356 e. The monoisotopic (exact) mass is 374 g/mol. The molecule has 8 heteroatoms. The summed E-state index contributed by atoms with van der Waals surface area (Å²) in [5.74, 6) is -0.143. The first-order valence-electron chi connectivity index (χ1n) is 8.82. The Labute approximate surface area is 152 Å². The van der Waals surface area contributed by atoms with E-state index in [2.05, 4.69) is 15.0 Å². The minimum atomic E-state index is -3.68. The summed E-state index contributed by atoms with van der Waals surface area (Å²) in [6.45, 7) is 3.35. The summed E-state index contributed by atoms with van der Waals surface area (Å²) >= 11 is 0. The fraction of sp³-hybridized carbons (Fsp3) is 0.389. The quantitative estimate of drug-likeness (QED) is 0.736. The highest BCUT2D eigenvalue weighted by molar-refractivity contribution is 7.89. The average Bonchev–Trinajstić information content (AvgIpc) is 3.40. The highest BCUT2D eigenvalue weighted by Crippen LogP contribution is 2.19. The fourth-order valence-corrected chi connectivity index (χ4v) is 4.47. The van der Waals surface area contributed by atoms with Crippen LogP contribution in [0.25, 0.3) is 0 Å². The molecule has 2 aliphatic heterocycles. The normalized spacial score (nSPS) is 16.8. The Hall–Kier alpha value is -2.16. The molecule has 1 amide bonds. The summed E-state index contributed by atoms with van der Waals surface area (Å²) in [4.78, 5) is 17.0. The van der Waals surface area contributed by atoms with E-state index in [-0.39, 0.29) is 17.3 Å². The Kier molecular flexibility index (Phi) is 4.56. The molecule has 4 rings (SSSR count). The van der Waals surface area contributed by atoms with Gasteiger partial charge in [-0.1, -0.05) is 18.2 Å². The number of benzene rings is 1. The molecule has 0 radical (unpaired) electrons. The number of H-pyrrole nitrogens is 1. The van der Waals surface area contributed by atoms with E-state index in [4.69, 9.17) is 0 Å². The van der Waals surface area contributed by atoms with Crippen molar-refractivity contribution in [2.24, 2.45) is 0 Å². The number of carbonyl (C=O) groups is 1. The standard InChI is InChI=1S/C18H22N4O3S/c23-18(22-5-1-2-6-22)17-8-16(12-20-17)26(24,25)21-9-13-3-4-14-10-19-11-15(14)7-13/h3-4,7-8,12,19-21H,1-2,5-6,9-11H2. The zero-order valence-electron chi connectivity index (χ0n) is 14.4. The predicted molar refractivity (Wildman–Crippen MR) is 96.9 cm³/mol. The van der Waals surface area contributed by atoms with Crippen LogP contribution in [0.2, 0.25) is 0 Å². The summed E-state index contributed by atoms with van der Waals surface area (Å²) in [6, 6.07) is 7.41. The molecule has 1 fully saturated rings. The maximum Gasteiger partial charge on any atom is 0.270 e. The number of fused-ring (bicyclic) bond motifs is 1. The van der Waals surface area contributed by atoms with E-state index in [0.29, 0.717) is 5.69 Å². The molecule has 2 aromatic rings. The molecular formula is C18H22N4O3S. The van der Waals surface area contributed by atoms with E-state index in [9.17, 15) is 13.2 Å². The number of aromatic nitrogens is 1. The van der Waals surface area contributed by atoms with Crippen LogP contribution in [0.3, 0.4) is 0 Å². The summed E-state index contributed by atoms with van der Waals surface area (Å²) < 4.78 is 27.7. The molecule has 0 unspecified atom stereocenters. The predicted octanol–water partition coefficient (Wildman–Crippen LogP) is 1.33. The highest BCUT2D eigenvalue weighted by Gasteiger charge is 2.23. The molecule has 0 spiro atoms. The van der Waals surface area contributed by atoms with E-state index in [1.807, 2.05) is 18.2 Å². The van der Waals surface area contributed by atoms with Gasteiger partial charge in [0.05, 0.1) is 0 Å². The fourth-order valence-electron chi connectivity index (χ4n) is 3.46. The molecule has 0 saturated carbocycles. The molecule has 1 aromatic carbocycles. The van der Waals surface area contributed by atoms with Gasteiger partial charge in [-0.3, -0.25) is 4.79 Å². The summed E-state index contributed by atoms with van der Waals surface area (Å²) in [5, 5.41) is 3.27. The SMILES string of the molecule is O=C(c1cc(S(=O)(=O)NCc2ccc3c(c2)CNC3)c[nH]1)N1CCCC1. The van der Waals surface area contributed by atoms with Gasteiger partial charge in [0, 0.05) is 38.9 Å². The second kappa shape index (κ2) is 6.86. The van der Waals surface area contributed by atoms with Crippen molar-refractivity contribution in [2.45, 2.75) is 37.4 Å². The molecule has 0 atom stereocenters. The van der Waals surface area contributed by atoms with Crippen molar-refractivity contribution in [1.29, 1.82) is 0 Å². The lowest BCUT2D eigenvalue weighted by molar-refractivity contribution is 0.0787. The molecule has 0 aliphatic carbocycles. The summed E-state index contributed by atoms with van der Waals surface area (Å²) in [5.41, 5.74) is 3.70. The van der Waals surface area contributed by atoms with Crippen molar-refractivity contribution in [3.63, 3.8) is 0 Å². The first-order valence-corrected chi connectivity index (χ1v) is 10.3. The summed E-state index contributed by atoms with van der Waals surface area (Å²) in [6.07, 6.45) is 3.36. The number of carbonyl (C=O) groups excluding carboxylic acids is 1. The molecule has 1 aromatic heterocycles. The van der Waals surface area contributed by atoms with Gasteiger partial charge in [-0.05, 0) is 35.6 Å². The van der Waals surface area contributed by atoms with Crippen LogP contribution in [0.4, 0.5) is 0 Å². The van der Waals surface area contributed by atoms with Crippen LogP contribution in [0.15, 0.2) is 35.4 Å². The van der Waals surface area contributed by atoms with Crippen molar-refractivity contribution >= 4 is 15.9 Å². The number of sulfonamides is 1. The number of nitrogens with one attached hydrogen (secondary N) is 3. The first kappa shape index (κ1) is 17.3. The Balaban J connectivity index is 1.44. The number of aromatic amines is 1. The number of amides is 1. The first-order chi connectivity index (χ1) is 12.5. The van der Waals surface area contributed by atoms with Gasteiger partial charge in [0.15, 0.2) is 0 Å². The van der Waals surface area contributed by atoms with Gasteiger partial charge in [0.2, 0.25) is 10.0 Å². The molecule has 7 nitrogen and oxygen atoms in total. The number of hydrogen-bond donors (Lipinski definition) is 3. The van der Waals surface area contributed by atoms with Crippen LogP contribution >= 0.6 is 0 Å². The Bertz CT molecular complexity index is 930. The van der Waals surface area contributed by atoms with E-state index < -0.39 is 10.0 Å². The van der Waals surface area contributed by atoms with Gasteiger partial charge >= 0.3 is 0 Å². The van der Waals surface area contributed by atoms with Gasteiger partial charge in [0.1, 0.15) is 10.6 Å². The van der Waals surface area contributed by atoms with E-state index in [1.54, 1.807) is 4.90 Å². The smallest absolute Gasteiger partial charge is 0.270 e. The van der Waals surface area contributed by atoms with Crippen LogP contribution in [0.5, 0.6) is 0 Å². The lowest BCUT2D eigenvalue weighted by Crippen LogP contribution is -2.27. The molecular weight excluding hydrogens is 352 g/mol. The van der Waals surface area contributed by atoms with Crippen molar-refractivity contribution in [1.82, 2.24) is 19.9 Å². The van der Waals surface area contributed by atoms with Gasteiger partial charge in [0.25, 0.3) is 5.91 Å². The molecule has 1 saturated heterocycles. The Morgan fingerprint density at radius 1 is 1.12 bits per heavy atom.